The summed E-state index contributed by atoms with van der Waals surface area (Å²) < 4.78 is 27.1. The second-order valence-electron chi connectivity index (χ2n) is 5.01. The highest BCUT2D eigenvalue weighted by Crippen LogP contribution is 2.17. The molecule has 5 nitrogen and oxygen atoms in total. The van der Waals surface area contributed by atoms with Gasteiger partial charge in [-0.25, -0.2) is 13.1 Å². The second kappa shape index (κ2) is 6.27. The lowest BCUT2D eigenvalue weighted by Crippen LogP contribution is -2.51. The molecule has 1 rings (SSSR count). The first-order chi connectivity index (χ1) is 8.27. The van der Waals surface area contributed by atoms with E-state index in [1.165, 1.54) is 0 Å². The summed E-state index contributed by atoms with van der Waals surface area (Å²) in [6, 6.07) is 0.376. The van der Waals surface area contributed by atoms with Crippen LogP contribution in [0.25, 0.3) is 0 Å². The Bertz CT molecular complexity index is 397. The predicted molar refractivity (Wildman–Crippen MR) is 78.0 cm³/mol. The van der Waals surface area contributed by atoms with Crippen molar-refractivity contribution in [2.75, 3.05) is 13.6 Å². The van der Waals surface area contributed by atoms with Gasteiger partial charge in [-0.1, -0.05) is 19.1 Å². The summed E-state index contributed by atoms with van der Waals surface area (Å²) in [5.41, 5.74) is 5.49. The Kier molecular flexibility index (Phi) is 5.51. The average Bonchev–Trinajstić information content (AvgIpc) is 2.22. The highest BCUT2D eigenvalue weighted by atomic mass is 32.2. The van der Waals surface area contributed by atoms with Crippen LogP contribution in [0.2, 0.25) is 0 Å². The molecule has 0 aliphatic carbocycles. The zero-order valence-corrected chi connectivity index (χ0v) is 12.9. The lowest BCUT2D eigenvalue weighted by molar-refractivity contribution is 0.178. The molecule has 0 spiro atoms. The molecule has 3 N–H and O–H groups in total. The van der Waals surface area contributed by atoms with E-state index in [4.69, 9.17) is 18.0 Å². The fraction of sp³-hybridized carbons (Fsp3) is 0.909. The predicted octanol–water partition coefficient (Wildman–Crippen LogP) is 0.453. The SMILES string of the molecule is CCC(C(N)=S)S(=O)(=O)NC1CCN(C)C(C)C1. The summed E-state index contributed by atoms with van der Waals surface area (Å²) in [6.45, 7) is 4.78. The number of piperidine rings is 1. The van der Waals surface area contributed by atoms with Gasteiger partial charge in [-0.2, -0.15) is 0 Å². The van der Waals surface area contributed by atoms with Crippen LogP contribution in [0.5, 0.6) is 0 Å². The van der Waals surface area contributed by atoms with Gasteiger partial charge in [-0.3, -0.25) is 0 Å². The first-order valence-corrected chi connectivity index (χ1v) is 8.24. The lowest BCUT2D eigenvalue weighted by Gasteiger charge is -2.35. The zero-order chi connectivity index (χ0) is 13.9. The topological polar surface area (TPSA) is 75.4 Å². The van der Waals surface area contributed by atoms with E-state index in [1.54, 1.807) is 6.92 Å². The molecule has 0 aromatic carbocycles. The maximum Gasteiger partial charge on any atom is 0.221 e. The number of nitrogens with two attached hydrogens (primary N) is 1. The number of hydrogen-bond donors (Lipinski definition) is 2. The first kappa shape index (κ1) is 15.8. The van der Waals surface area contributed by atoms with Crippen molar-refractivity contribution in [1.82, 2.24) is 9.62 Å². The van der Waals surface area contributed by atoms with Gasteiger partial charge in [-0.15, -0.1) is 0 Å². The Morgan fingerprint density at radius 3 is 2.67 bits per heavy atom. The molecule has 1 saturated heterocycles. The number of nitrogens with one attached hydrogen (secondary N) is 1. The van der Waals surface area contributed by atoms with Crippen LogP contribution in [0.15, 0.2) is 0 Å². The number of likely N-dealkylation sites (tertiary alicyclic amines) is 1. The molecule has 18 heavy (non-hydrogen) atoms. The van der Waals surface area contributed by atoms with Gasteiger partial charge in [-0.05, 0) is 39.8 Å². The minimum Gasteiger partial charge on any atom is -0.392 e. The van der Waals surface area contributed by atoms with Crippen LogP contribution in [0, 0.1) is 0 Å². The minimum absolute atomic E-state index is 0.00963. The van der Waals surface area contributed by atoms with Crippen LogP contribution < -0.4 is 10.5 Å². The van der Waals surface area contributed by atoms with Crippen molar-refractivity contribution in [3.05, 3.63) is 0 Å². The third-order valence-electron chi connectivity index (χ3n) is 3.60. The van der Waals surface area contributed by atoms with Crippen molar-refractivity contribution < 1.29 is 8.42 Å². The van der Waals surface area contributed by atoms with Crippen LogP contribution >= 0.6 is 12.2 Å². The normalized spacial score (nSPS) is 27.9. The van der Waals surface area contributed by atoms with Gasteiger partial charge in [0.2, 0.25) is 10.0 Å². The first-order valence-electron chi connectivity index (χ1n) is 6.28. The van der Waals surface area contributed by atoms with Gasteiger partial charge in [0, 0.05) is 12.1 Å². The van der Waals surface area contributed by atoms with E-state index in [0.29, 0.717) is 12.5 Å². The van der Waals surface area contributed by atoms with Crippen molar-refractivity contribution in [3.8, 4) is 0 Å². The quantitative estimate of drug-likeness (QED) is 0.720. The smallest absolute Gasteiger partial charge is 0.221 e. The number of nitrogens with zero attached hydrogens (tertiary/aromatic N) is 1. The molecular weight excluding hydrogens is 270 g/mol. The minimum atomic E-state index is -3.45. The third kappa shape index (κ3) is 3.88. The van der Waals surface area contributed by atoms with Crippen molar-refractivity contribution in [1.29, 1.82) is 0 Å². The maximum atomic E-state index is 12.2. The summed E-state index contributed by atoms with van der Waals surface area (Å²) in [5, 5.41) is -0.762. The van der Waals surface area contributed by atoms with E-state index >= 15 is 0 Å². The number of hydrogen-bond acceptors (Lipinski definition) is 4. The highest BCUT2D eigenvalue weighted by molar-refractivity contribution is 7.93. The molecule has 1 heterocycles. The zero-order valence-electron chi connectivity index (χ0n) is 11.2. The van der Waals surface area contributed by atoms with E-state index in [0.717, 1.165) is 19.4 Å². The number of thiocarbonyl (C=S) groups is 1. The lowest BCUT2D eigenvalue weighted by atomic mass is 10.0. The monoisotopic (exact) mass is 293 g/mol. The second-order valence-corrected chi connectivity index (χ2v) is 7.38. The molecule has 1 fully saturated rings. The molecule has 0 bridgehead atoms. The molecule has 106 valence electrons. The average molecular weight is 293 g/mol. The summed E-state index contributed by atoms with van der Waals surface area (Å²) in [6.07, 6.45) is 2.06. The van der Waals surface area contributed by atoms with Crippen LogP contribution in [-0.4, -0.2) is 49.2 Å². The van der Waals surface area contributed by atoms with Gasteiger partial charge in [0.1, 0.15) is 5.25 Å². The Balaban J connectivity index is 2.69. The van der Waals surface area contributed by atoms with Crippen LogP contribution in [-0.2, 0) is 10.0 Å². The molecule has 0 radical (unpaired) electrons. The van der Waals surface area contributed by atoms with Crippen LogP contribution in [0.4, 0.5) is 0 Å². The Morgan fingerprint density at radius 1 is 1.61 bits per heavy atom. The van der Waals surface area contributed by atoms with E-state index in [1.807, 2.05) is 0 Å². The molecule has 1 aliphatic heterocycles. The van der Waals surface area contributed by atoms with Gasteiger partial charge in [0.15, 0.2) is 0 Å². The van der Waals surface area contributed by atoms with E-state index in [9.17, 15) is 8.42 Å². The molecule has 0 aromatic heterocycles. The van der Waals surface area contributed by atoms with Crippen LogP contribution in [0.1, 0.15) is 33.1 Å². The van der Waals surface area contributed by atoms with Crippen molar-refractivity contribution >= 4 is 27.2 Å². The molecular formula is C11H23N3O2S2. The number of rotatable bonds is 5. The fourth-order valence-electron chi connectivity index (χ4n) is 2.28. The fourth-order valence-corrected chi connectivity index (χ4v) is 4.42. The molecule has 0 amide bonds. The molecule has 0 aromatic rings. The van der Waals surface area contributed by atoms with Crippen LogP contribution in [0.3, 0.4) is 0 Å². The van der Waals surface area contributed by atoms with Crippen molar-refractivity contribution in [2.24, 2.45) is 5.73 Å². The molecule has 3 atom stereocenters. The standard InChI is InChI=1S/C11H23N3O2S2/c1-4-10(11(12)17)18(15,16)13-9-5-6-14(3)8(2)7-9/h8-10,13H,4-7H2,1-3H3,(H2,12,17). The van der Waals surface area contributed by atoms with Gasteiger partial charge < -0.3 is 10.6 Å². The Labute approximate surface area is 115 Å². The third-order valence-corrected chi connectivity index (χ3v) is 6.03. The van der Waals surface area contributed by atoms with Gasteiger partial charge in [0.05, 0.1) is 4.99 Å². The van der Waals surface area contributed by atoms with E-state index in [2.05, 4.69) is 23.6 Å². The molecule has 7 heteroatoms. The largest absolute Gasteiger partial charge is 0.392 e. The van der Waals surface area contributed by atoms with Gasteiger partial charge >= 0.3 is 0 Å². The van der Waals surface area contributed by atoms with Gasteiger partial charge in [0.25, 0.3) is 0 Å². The Hall–Kier alpha value is -0.240. The summed E-state index contributed by atoms with van der Waals surface area (Å²) in [7, 11) is -1.39. The summed E-state index contributed by atoms with van der Waals surface area (Å²) >= 11 is 4.82. The molecule has 3 unspecified atom stereocenters. The van der Waals surface area contributed by atoms with E-state index in [-0.39, 0.29) is 11.0 Å². The summed E-state index contributed by atoms with van der Waals surface area (Å²) in [5.74, 6) is 0. The highest BCUT2D eigenvalue weighted by Gasteiger charge is 2.31. The van der Waals surface area contributed by atoms with E-state index < -0.39 is 15.3 Å². The molecule has 1 aliphatic rings. The van der Waals surface area contributed by atoms with Crippen molar-refractivity contribution in [3.63, 3.8) is 0 Å². The number of sulfonamides is 1. The summed E-state index contributed by atoms with van der Waals surface area (Å²) in [4.78, 5) is 2.28. The molecule has 0 saturated carbocycles. The Morgan fingerprint density at radius 2 is 2.22 bits per heavy atom. The van der Waals surface area contributed by atoms with Crippen molar-refractivity contribution in [2.45, 2.75) is 50.4 Å². The maximum absolute atomic E-state index is 12.2.